The maximum Gasteiger partial charge on any atom is 0.488 e. The Morgan fingerprint density at radius 2 is 0.949 bits per heavy atom. The van der Waals surface area contributed by atoms with Crippen molar-refractivity contribution in [2.75, 3.05) is 0 Å². The normalized spacial score (nSPS) is 12.7. The summed E-state index contributed by atoms with van der Waals surface area (Å²) >= 11 is 0. The lowest BCUT2D eigenvalue weighted by atomic mass is 9.80. The minimum absolute atomic E-state index is 0.409. The van der Waals surface area contributed by atoms with Gasteiger partial charge in [0.2, 0.25) is 0 Å². The Morgan fingerprint density at radius 1 is 0.487 bits per heavy atom. The van der Waals surface area contributed by atoms with Gasteiger partial charge in [-0.2, -0.15) is 0 Å². The molecule has 1 aliphatic carbocycles. The van der Waals surface area contributed by atoms with Crippen LogP contribution in [0.1, 0.15) is 18.4 Å². The van der Waals surface area contributed by atoms with Crippen LogP contribution in [0.3, 0.4) is 0 Å². The molecule has 0 atom stereocenters. The lowest BCUT2D eigenvalue weighted by Crippen LogP contribution is -2.29. The molecule has 0 saturated carbocycles. The fraction of sp³-hybridized carbons (Fsp3) is 0.0606. The minimum atomic E-state index is -1.53. The van der Waals surface area contributed by atoms with Crippen LogP contribution in [0.5, 0.6) is 0 Å². The van der Waals surface area contributed by atoms with Crippen LogP contribution >= 0.6 is 0 Å². The number of aromatic nitrogens is 3. The monoisotopic (exact) mass is 507 g/mol. The second-order valence-corrected chi connectivity index (χ2v) is 9.46. The molecule has 188 valence electrons. The van der Waals surface area contributed by atoms with Crippen LogP contribution in [0.25, 0.3) is 50.9 Å². The molecule has 5 nitrogen and oxygen atoms in total. The zero-order valence-electron chi connectivity index (χ0n) is 21.3. The van der Waals surface area contributed by atoms with E-state index in [1.54, 1.807) is 24.3 Å². The Labute approximate surface area is 228 Å². The van der Waals surface area contributed by atoms with Crippen molar-refractivity contribution in [2.24, 2.45) is 0 Å². The SMILES string of the molecule is OB(O)c1ccc(-c2nc(-c3ccc(C4=CCCC=C4)cc3)nc(-c3ccc(-c4ccccc4)cc3)n2)cc1. The van der Waals surface area contributed by atoms with Gasteiger partial charge in [-0.3, -0.25) is 0 Å². The molecule has 0 aliphatic heterocycles. The van der Waals surface area contributed by atoms with Crippen molar-refractivity contribution < 1.29 is 10.0 Å². The quantitative estimate of drug-likeness (QED) is 0.278. The molecule has 0 amide bonds. The van der Waals surface area contributed by atoms with Crippen molar-refractivity contribution in [1.82, 2.24) is 15.0 Å². The topological polar surface area (TPSA) is 79.1 Å². The van der Waals surface area contributed by atoms with E-state index >= 15 is 0 Å². The lowest BCUT2D eigenvalue weighted by Gasteiger charge is -2.11. The van der Waals surface area contributed by atoms with Gasteiger partial charge in [0, 0.05) is 16.7 Å². The fourth-order valence-corrected chi connectivity index (χ4v) is 4.65. The average Bonchev–Trinajstić information content (AvgIpc) is 3.02. The number of allylic oxidation sites excluding steroid dienone is 4. The third kappa shape index (κ3) is 5.48. The van der Waals surface area contributed by atoms with Gasteiger partial charge in [0.15, 0.2) is 17.5 Å². The van der Waals surface area contributed by atoms with Gasteiger partial charge in [-0.1, -0.05) is 121 Å². The maximum atomic E-state index is 9.50. The molecule has 6 heteroatoms. The van der Waals surface area contributed by atoms with Crippen molar-refractivity contribution in [1.29, 1.82) is 0 Å². The van der Waals surface area contributed by atoms with Gasteiger partial charge >= 0.3 is 7.12 Å². The van der Waals surface area contributed by atoms with Crippen LogP contribution in [-0.2, 0) is 0 Å². The summed E-state index contributed by atoms with van der Waals surface area (Å²) in [6.45, 7) is 0. The predicted octanol–water partition coefficient (Wildman–Crippen LogP) is 5.95. The molecule has 4 aromatic carbocycles. The molecule has 2 N–H and O–H groups in total. The number of rotatable bonds is 6. The second kappa shape index (κ2) is 11.0. The highest BCUT2D eigenvalue weighted by Crippen LogP contribution is 2.28. The Bertz CT molecular complexity index is 1650. The van der Waals surface area contributed by atoms with Gasteiger partial charge in [-0.25, -0.2) is 15.0 Å². The number of benzene rings is 4. The fourth-order valence-electron chi connectivity index (χ4n) is 4.65. The van der Waals surface area contributed by atoms with E-state index in [-0.39, 0.29) is 0 Å². The maximum absolute atomic E-state index is 9.50. The van der Waals surface area contributed by atoms with Gasteiger partial charge in [0.25, 0.3) is 0 Å². The summed E-state index contributed by atoms with van der Waals surface area (Å²) in [6.07, 6.45) is 8.79. The number of hydrogen-bond acceptors (Lipinski definition) is 5. The largest absolute Gasteiger partial charge is 0.488 e. The molecule has 0 fully saturated rings. The van der Waals surface area contributed by atoms with Crippen molar-refractivity contribution in [3.8, 4) is 45.3 Å². The van der Waals surface area contributed by atoms with Crippen molar-refractivity contribution >= 4 is 18.2 Å². The molecule has 0 saturated heterocycles. The Kier molecular flexibility index (Phi) is 6.96. The zero-order valence-corrected chi connectivity index (χ0v) is 21.3. The highest BCUT2D eigenvalue weighted by molar-refractivity contribution is 6.58. The van der Waals surface area contributed by atoms with Crippen molar-refractivity contribution in [3.63, 3.8) is 0 Å². The average molecular weight is 507 g/mol. The van der Waals surface area contributed by atoms with E-state index in [9.17, 15) is 10.0 Å². The lowest BCUT2D eigenvalue weighted by molar-refractivity contribution is 0.426. The van der Waals surface area contributed by atoms with E-state index in [4.69, 9.17) is 15.0 Å². The Balaban J connectivity index is 1.40. The summed E-state index contributed by atoms with van der Waals surface area (Å²) < 4.78 is 0. The molecule has 1 heterocycles. The van der Waals surface area contributed by atoms with Gasteiger partial charge < -0.3 is 10.0 Å². The summed E-state index contributed by atoms with van der Waals surface area (Å²) in [4.78, 5) is 14.5. The highest BCUT2D eigenvalue weighted by atomic mass is 16.4. The molecule has 0 radical (unpaired) electrons. The summed E-state index contributed by atoms with van der Waals surface area (Å²) in [5.74, 6) is 1.67. The number of nitrogens with zero attached hydrogens (tertiary/aromatic N) is 3. The van der Waals surface area contributed by atoms with Crippen LogP contribution in [0.2, 0.25) is 0 Å². The van der Waals surface area contributed by atoms with Gasteiger partial charge in [-0.15, -0.1) is 0 Å². The summed E-state index contributed by atoms with van der Waals surface area (Å²) in [5.41, 5.74) is 7.62. The van der Waals surface area contributed by atoms with Crippen LogP contribution in [-0.4, -0.2) is 32.1 Å². The summed E-state index contributed by atoms with van der Waals surface area (Å²) in [6, 6.07) is 33.7. The molecule has 1 aromatic heterocycles. The van der Waals surface area contributed by atoms with Crippen molar-refractivity contribution in [2.45, 2.75) is 12.8 Å². The van der Waals surface area contributed by atoms with E-state index in [2.05, 4.69) is 54.6 Å². The standard InChI is InChI=1S/C33H26BN3O2/c38-34(39)30-21-19-29(20-22-30)33-36-31(27-15-11-25(12-16-27)23-7-3-1-4-8-23)35-32(37-33)28-17-13-26(14-18-28)24-9-5-2-6-10-24/h1,3-5,7-22,38-39H,2,6H2. The van der Waals surface area contributed by atoms with Gasteiger partial charge in [0.05, 0.1) is 0 Å². The first-order chi connectivity index (χ1) is 19.1. The van der Waals surface area contributed by atoms with Crippen LogP contribution in [0.4, 0.5) is 0 Å². The first kappa shape index (κ1) is 24.7. The Morgan fingerprint density at radius 3 is 1.44 bits per heavy atom. The van der Waals surface area contributed by atoms with E-state index in [0.717, 1.165) is 40.7 Å². The molecule has 5 aromatic rings. The van der Waals surface area contributed by atoms with Gasteiger partial charge in [-0.05, 0) is 40.6 Å². The third-order valence-electron chi connectivity index (χ3n) is 6.82. The van der Waals surface area contributed by atoms with E-state index in [1.807, 2.05) is 42.5 Å². The van der Waals surface area contributed by atoms with Crippen LogP contribution < -0.4 is 5.46 Å². The van der Waals surface area contributed by atoms with E-state index in [1.165, 1.54) is 11.1 Å². The smallest absolute Gasteiger partial charge is 0.423 e. The molecular formula is C33H26BN3O2. The first-order valence-electron chi connectivity index (χ1n) is 13.0. The summed E-state index contributed by atoms with van der Waals surface area (Å²) in [7, 11) is -1.53. The Hall–Kier alpha value is -4.65. The van der Waals surface area contributed by atoms with Crippen molar-refractivity contribution in [3.05, 3.63) is 127 Å². The van der Waals surface area contributed by atoms with Crippen LogP contribution in [0, 0.1) is 0 Å². The molecule has 0 spiro atoms. The highest BCUT2D eigenvalue weighted by Gasteiger charge is 2.15. The molecule has 6 rings (SSSR count). The summed E-state index contributed by atoms with van der Waals surface area (Å²) in [5, 5.41) is 19.0. The molecule has 1 aliphatic rings. The molecule has 39 heavy (non-hydrogen) atoms. The minimum Gasteiger partial charge on any atom is -0.423 e. The molecular weight excluding hydrogens is 481 g/mol. The molecule has 0 unspecified atom stereocenters. The van der Waals surface area contributed by atoms with Crippen LogP contribution in [0.15, 0.2) is 121 Å². The zero-order chi connectivity index (χ0) is 26.6. The predicted molar refractivity (Wildman–Crippen MR) is 158 cm³/mol. The van der Waals surface area contributed by atoms with Gasteiger partial charge in [0.1, 0.15) is 0 Å². The van der Waals surface area contributed by atoms with E-state index < -0.39 is 7.12 Å². The van der Waals surface area contributed by atoms with E-state index in [0.29, 0.717) is 22.9 Å². The first-order valence-corrected chi connectivity index (χ1v) is 13.0. The number of hydrogen-bond donors (Lipinski definition) is 2. The second-order valence-electron chi connectivity index (χ2n) is 9.46. The third-order valence-corrected chi connectivity index (χ3v) is 6.82. The molecule has 0 bridgehead atoms.